The minimum atomic E-state index is -0.127. The van der Waals surface area contributed by atoms with Gasteiger partial charge in [0.25, 0.3) is 5.91 Å². The van der Waals surface area contributed by atoms with Crippen molar-refractivity contribution in [2.45, 2.75) is 39.7 Å². The highest BCUT2D eigenvalue weighted by molar-refractivity contribution is 5.99. The minimum absolute atomic E-state index is 0.127. The molecule has 1 aromatic carbocycles. The molecular formula is C21H24N4O. The van der Waals surface area contributed by atoms with Gasteiger partial charge in [-0.15, -0.1) is 0 Å². The van der Waals surface area contributed by atoms with Gasteiger partial charge in [0.2, 0.25) is 5.95 Å². The van der Waals surface area contributed by atoms with Gasteiger partial charge in [-0.2, -0.15) is 0 Å². The van der Waals surface area contributed by atoms with E-state index < -0.39 is 0 Å². The number of allylic oxidation sites excluding steroid dienone is 1. The summed E-state index contributed by atoms with van der Waals surface area (Å²) in [5.74, 6) is 0.452. The molecular weight excluding hydrogens is 324 g/mol. The SMILES string of the molecule is CCC(=CC(=O)Nc1nc2ccccc2n1CCc1ccccn1)CC. The minimum Gasteiger partial charge on any atom is -0.310 e. The van der Waals surface area contributed by atoms with Crippen LogP contribution in [0.2, 0.25) is 0 Å². The third kappa shape index (κ3) is 4.17. The maximum absolute atomic E-state index is 12.4. The maximum Gasteiger partial charge on any atom is 0.250 e. The zero-order valence-corrected chi connectivity index (χ0v) is 15.3. The fourth-order valence-electron chi connectivity index (χ4n) is 2.96. The molecule has 2 heterocycles. The molecule has 0 saturated carbocycles. The number of hydrogen-bond acceptors (Lipinski definition) is 3. The number of aromatic nitrogens is 3. The average Bonchev–Trinajstić information content (AvgIpc) is 3.02. The lowest BCUT2D eigenvalue weighted by molar-refractivity contribution is -0.112. The highest BCUT2D eigenvalue weighted by atomic mass is 16.1. The van der Waals surface area contributed by atoms with Gasteiger partial charge in [-0.05, 0) is 37.1 Å². The number of anilines is 1. The topological polar surface area (TPSA) is 59.8 Å². The zero-order valence-electron chi connectivity index (χ0n) is 15.3. The van der Waals surface area contributed by atoms with Crippen LogP contribution < -0.4 is 5.32 Å². The highest BCUT2D eigenvalue weighted by Crippen LogP contribution is 2.20. The Balaban J connectivity index is 1.87. The van der Waals surface area contributed by atoms with E-state index in [1.54, 1.807) is 12.3 Å². The van der Waals surface area contributed by atoms with Gasteiger partial charge in [0.15, 0.2) is 0 Å². The van der Waals surface area contributed by atoms with Crippen molar-refractivity contribution in [2.24, 2.45) is 0 Å². The van der Waals surface area contributed by atoms with Crippen LogP contribution in [-0.4, -0.2) is 20.4 Å². The van der Waals surface area contributed by atoms with E-state index in [-0.39, 0.29) is 5.91 Å². The molecule has 0 bridgehead atoms. The molecule has 0 fully saturated rings. The fraction of sp³-hybridized carbons (Fsp3) is 0.286. The summed E-state index contributed by atoms with van der Waals surface area (Å²) >= 11 is 0. The Morgan fingerprint density at radius 1 is 1.12 bits per heavy atom. The Hall–Kier alpha value is -2.95. The molecule has 2 aromatic heterocycles. The van der Waals surface area contributed by atoms with Crippen molar-refractivity contribution < 1.29 is 4.79 Å². The van der Waals surface area contributed by atoms with Gasteiger partial charge in [-0.3, -0.25) is 15.1 Å². The number of aryl methyl sites for hydroxylation is 2. The number of carbonyl (C=O) groups excluding carboxylic acids is 1. The highest BCUT2D eigenvalue weighted by Gasteiger charge is 2.12. The standard InChI is InChI=1S/C21H24N4O/c1-3-16(4-2)15-20(26)24-21-23-18-10-5-6-11-19(18)25(21)14-12-17-9-7-8-13-22-17/h5-11,13,15H,3-4,12,14H2,1-2H3,(H,23,24,26). The molecule has 0 aliphatic heterocycles. The predicted molar refractivity (Wildman–Crippen MR) is 105 cm³/mol. The predicted octanol–water partition coefficient (Wildman–Crippen LogP) is 4.36. The number of nitrogens with zero attached hydrogens (tertiary/aromatic N) is 3. The quantitative estimate of drug-likeness (QED) is 0.645. The number of para-hydroxylation sites is 2. The molecule has 0 atom stereocenters. The van der Waals surface area contributed by atoms with Gasteiger partial charge >= 0.3 is 0 Å². The number of carbonyl (C=O) groups is 1. The molecule has 0 unspecified atom stereocenters. The first kappa shape index (κ1) is 17.9. The smallest absolute Gasteiger partial charge is 0.250 e. The van der Waals surface area contributed by atoms with Gasteiger partial charge < -0.3 is 4.57 Å². The second kappa shape index (κ2) is 8.43. The molecule has 3 rings (SSSR count). The first-order valence-electron chi connectivity index (χ1n) is 9.06. The molecule has 0 spiro atoms. The van der Waals surface area contributed by atoms with E-state index in [0.717, 1.165) is 41.6 Å². The molecule has 1 N–H and O–H groups in total. The van der Waals surface area contributed by atoms with Crippen LogP contribution in [0, 0.1) is 0 Å². The second-order valence-electron chi connectivity index (χ2n) is 6.15. The normalized spacial score (nSPS) is 10.7. The van der Waals surface area contributed by atoms with Crippen molar-refractivity contribution in [3.8, 4) is 0 Å². The van der Waals surface area contributed by atoms with Crippen molar-refractivity contribution in [3.05, 3.63) is 66.0 Å². The van der Waals surface area contributed by atoms with Gasteiger partial charge in [-0.1, -0.05) is 37.6 Å². The van der Waals surface area contributed by atoms with Crippen molar-refractivity contribution in [2.75, 3.05) is 5.32 Å². The van der Waals surface area contributed by atoms with Crippen LogP contribution in [-0.2, 0) is 17.8 Å². The van der Waals surface area contributed by atoms with Gasteiger partial charge in [0, 0.05) is 30.9 Å². The summed E-state index contributed by atoms with van der Waals surface area (Å²) < 4.78 is 2.05. The number of fused-ring (bicyclic) bond motifs is 1. The molecule has 26 heavy (non-hydrogen) atoms. The largest absolute Gasteiger partial charge is 0.310 e. The number of rotatable bonds is 7. The van der Waals surface area contributed by atoms with Crippen molar-refractivity contribution in [1.29, 1.82) is 0 Å². The third-order valence-corrected chi connectivity index (χ3v) is 4.45. The summed E-state index contributed by atoms with van der Waals surface area (Å²) in [4.78, 5) is 21.4. The van der Waals surface area contributed by atoms with E-state index in [1.165, 1.54) is 0 Å². The fourth-order valence-corrected chi connectivity index (χ4v) is 2.96. The van der Waals surface area contributed by atoms with Gasteiger partial charge in [-0.25, -0.2) is 4.98 Å². The molecule has 0 saturated heterocycles. The summed E-state index contributed by atoms with van der Waals surface area (Å²) in [6.45, 7) is 4.82. The molecule has 0 radical (unpaired) electrons. The second-order valence-corrected chi connectivity index (χ2v) is 6.15. The van der Waals surface area contributed by atoms with Crippen LogP contribution in [0.5, 0.6) is 0 Å². The molecule has 5 nitrogen and oxygen atoms in total. The Morgan fingerprint density at radius 3 is 2.62 bits per heavy atom. The summed E-state index contributed by atoms with van der Waals surface area (Å²) in [6.07, 6.45) is 6.00. The molecule has 0 aliphatic carbocycles. The van der Waals surface area contributed by atoms with Crippen LogP contribution >= 0.6 is 0 Å². The summed E-state index contributed by atoms with van der Waals surface area (Å²) in [7, 11) is 0. The van der Waals surface area contributed by atoms with E-state index >= 15 is 0 Å². The Morgan fingerprint density at radius 2 is 1.88 bits per heavy atom. The van der Waals surface area contributed by atoms with Gasteiger partial charge in [0.1, 0.15) is 0 Å². The Labute approximate surface area is 153 Å². The van der Waals surface area contributed by atoms with Gasteiger partial charge in [0.05, 0.1) is 11.0 Å². The lowest BCUT2D eigenvalue weighted by Gasteiger charge is -2.09. The van der Waals surface area contributed by atoms with E-state index in [9.17, 15) is 4.79 Å². The molecule has 5 heteroatoms. The number of hydrogen-bond donors (Lipinski definition) is 1. The van der Waals surface area contributed by atoms with Crippen LogP contribution in [0.1, 0.15) is 32.4 Å². The molecule has 1 amide bonds. The number of pyridine rings is 1. The number of benzene rings is 1. The Kier molecular flexibility index (Phi) is 5.79. The average molecular weight is 348 g/mol. The monoisotopic (exact) mass is 348 g/mol. The van der Waals surface area contributed by atoms with E-state index in [0.29, 0.717) is 12.5 Å². The van der Waals surface area contributed by atoms with Crippen LogP contribution in [0.4, 0.5) is 5.95 Å². The molecule has 3 aromatic rings. The molecule has 0 aliphatic rings. The maximum atomic E-state index is 12.4. The number of nitrogens with one attached hydrogen (secondary N) is 1. The van der Waals surface area contributed by atoms with Crippen LogP contribution in [0.15, 0.2) is 60.3 Å². The number of imidazole rings is 1. The van der Waals surface area contributed by atoms with E-state index in [1.807, 2.05) is 47.0 Å². The molecule has 134 valence electrons. The van der Waals surface area contributed by atoms with Crippen molar-refractivity contribution in [3.63, 3.8) is 0 Å². The third-order valence-electron chi connectivity index (χ3n) is 4.45. The summed E-state index contributed by atoms with van der Waals surface area (Å²) in [5, 5.41) is 2.95. The lowest BCUT2D eigenvalue weighted by atomic mass is 10.1. The Bertz CT molecular complexity index is 906. The van der Waals surface area contributed by atoms with E-state index in [4.69, 9.17) is 0 Å². The van der Waals surface area contributed by atoms with Crippen LogP contribution in [0.25, 0.3) is 11.0 Å². The van der Waals surface area contributed by atoms with E-state index in [2.05, 4.69) is 29.1 Å². The number of amides is 1. The zero-order chi connectivity index (χ0) is 18.4. The first-order valence-corrected chi connectivity index (χ1v) is 9.06. The van der Waals surface area contributed by atoms with Crippen LogP contribution in [0.3, 0.4) is 0 Å². The van der Waals surface area contributed by atoms with Crippen molar-refractivity contribution >= 4 is 22.9 Å². The lowest BCUT2D eigenvalue weighted by Crippen LogP contribution is -2.15. The summed E-state index contributed by atoms with van der Waals surface area (Å²) in [6, 6.07) is 13.8. The van der Waals surface area contributed by atoms with Crippen molar-refractivity contribution in [1.82, 2.24) is 14.5 Å². The summed E-state index contributed by atoms with van der Waals surface area (Å²) in [5.41, 5.74) is 4.02. The first-order chi connectivity index (χ1) is 12.7.